The molecule has 0 aliphatic heterocycles. The van der Waals surface area contributed by atoms with Crippen LogP contribution in [0.4, 0.5) is 8.78 Å². The molecule has 3 aromatic rings. The van der Waals surface area contributed by atoms with Crippen molar-refractivity contribution < 1.29 is 8.78 Å². The van der Waals surface area contributed by atoms with Gasteiger partial charge >= 0.3 is 0 Å². The molecule has 0 saturated heterocycles. The summed E-state index contributed by atoms with van der Waals surface area (Å²) in [5, 5.41) is 0. The molecule has 0 aliphatic carbocycles. The summed E-state index contributed by atoms with van der Waals surface area (Å²) in [6, 6.07) is 9.82. The highest BCUT2D eigenvalue weighted by molar-refractivity contribution is 14.1. The maximum Gasteiger partial charge on any atom is 0.178 e. The lowest BCUT2D eigenvalue weighted by Gasteiger charge is -2.05. The zero-order valence-electron chi connectivity index (χ0n) is 10.2. The Balaban J connectivity index is 2.08. The number of aromatic amines is 1. The molecule has 3 rings (SSSR count). The Kier molecular flexibility index (Phi) is 3.59. The smallest absolute Gasteiger partial charge is 0.178 e. The van der Waals surface area contributed by atoms with Crippen LogP contribution in [0.1, 0.15) is 5.56 Å². The zero-order chi connectivity index (χ0) is 14.3. The van der Waals surface area contributed by atoms with E-state index in [1.807, 2.05) is 22.8 Å². The predicted octanol–water partition coefficient (Wildman–Crippen LogP) is 4.63. The van der Waals surface area contributed by atoms with Crippen LogP contribution in [0.2, 0.25) is 0 Å². The van der Waals surface area contributed by atoms with Crippen molar-refractivity contribution in [3.8, 4) is 0 Å². The number of imidazole rings is 1. The lowest BCUT2D eigenvalue weighted by molar-refractivity contribution is 0.506. The number of H-pyrrole nitrogens is 1. The average Bonchev–Trinajstić information content (AvgIpc) is 2.69. The molecule has 0 bridgehead atoms. The van der Waals surface area contributed by atoms with Gasteiger partial charge in [-0.1, -0.05) is 6.07 Å². The summed E-state index contributed by atoms with van der Waals surface area (Å²) in [4.78, 5) is 3.12. The maximum absolute atomic E-state index is 13.3. The average molecular weight is 402 g/mol. The largest absolute Gasteiger partial charge is 0.331 e. The number of hydrogen-bond acceptors (Lipinski definition) is 1. The minimum absolute atomic E-state index is 0.399. The molecule has 20 heavy (non-hydrogen) atoms. The van der Waals surface area contributed by atoms with Gasteiger partial charge in [0.15, 0.2) is 16.4 Å². The quantitative estimate of drug-likeness (QED) is 0.490. The Hall–Kier alpha value is -1.28. The first-order valence-corrected chi connectivity index (χ1v) is 7.35. The topological polar surface area (TPSA) is 20.7 Å². The summed E-state index contributed by atoms with van der Waals surface area (Å²) in [5.41, 5.74) is 2.55. The van der Waals surface area contributed by atoms with Gasteiger partial charge in [-0.15, -0.1) is 0 Å². The second-order valence-corrected chi connectivity index (χ2v) is 6.06. The molecule has 6 heteroatoms. The van der Waals surface area contributed by atoms with E-state index in [0.29, 0.717) is 16.9 Å². The van der Waals surface area contributed by atoms with Crippen molar-refractivity contribution in [3.05, 3.63) is 61.9 Å². The van der Waals surface area contributed by atoms with Crippen molar-refractivity contribution in [2.45, 2.75) is 6.54 Å². The zero-order valence-corrected chi connectivity index (χ0v) is 13.1. The van der Waals surface area contributed by atoms with Gasteiger partial charge in [0.25, 0.3) is 0 Å². The third-order valence-electron chi connectivity index (χ3n) is 3.06. The Bertz CT molecular complexity index is 854. The van der Waals surface area contributed by atoms with Crippen LogP contribution in [0.3, 0.4) is 0 Å². The number of nitrogens with zero attached hydrogens (tertiary/aromatic N) is 1. The van der Waals surface area contributed by atoms with Gasteiger partial charge in [-0.2, -0.15) is 0 Å². The van der Waals surface area contributed by atoms with Gasteiger partial charge in [-0.05, 0) is 70.7 Å². The summed E-state index contributed by atoms with van der Waals surface area (Å²) in [6.45, 7) is 0.399. The predicted molar refractivity (Wildman–Crippen MR) is 85.3 cm³/mol. The van der Waals surface area contributed by atoms with E-state index in [9.17, 15) is 8.78 Å². The fourth-order valence-electron chi connectivity index (χ4n) is 2.11. The molecule has 0 amide bonds. The van der Waals surface area contributed by atoms with Crippen molar-refractivity contribution in [3.63, 3.8) is 0 Å². The normalized spacial score (nSPS) is 11.2. The second kappa shape index (κ2) is 5.25. The van der Waals surface area contributed by atoms with E-state index in [0.717, 1.165) is 20.7 Å². The van der Waals surface area contributed by atoms with Gasteiger partial charge in [-0.3, -0.25) is 0 Å². The third kappa shape index (κ3) is 2.49. The molecular weight excluding hydrogens is 393 g/mol. The first-order chi connectivity index (χ1) is 9.54. The van der Waals surface area contributed by atoms with Gasteiger partial charge in [0.2, 0.25) is 0 Å². The molecule has 1 N–H and O–H groups in total. The van der Waals surface area contributed by atoms with Gasteiger partial charge in [-0.25, -0.2) is 8.78 Å². The van der Waals surface area contributed by atoms with E-state index in [-0.39, 0.29) is 0 Å². The SMILES string of the molecule is Fc1ccc(Cn2c(=S)[nH]c3cc(I)ccc32)cc1F. The van der Waals surface area contributed by atoms with Crippen LogP contribution < -0.4 is 0 Å². The summed E-state index contributed by atoms with van der Waals surface area (Å²) in [6.07, 6.45) is 0. The molecule has 2 aromatic carbocycles. The highest BCUT2D eigenvalue weighted by atomic mass is 127. The van der Waals surface area contributed by atoms with Crippen LogP contribution in [0.5, 0.6) is 0 Å². The molecule has 2 nitrogen and oxygen atoms in total. The molecule has 0 spiro atoms. The van der Waals surface area contributed by atoms with E-state index >= 15 is 0 Å². The van der Waals surface area contributed by atoms with Gasteiger partial charge < -0.3 is 9.55 Å². The van der Waals surface area contributed by atoms with E-state index in [1.165, 1.54) is 6.07 Å². The van der Waals surface area contributed by atoms with Crippen LogP contribution in [-0.4, -0.2) is 9.55 Å². The molecule has 0 saturated carbocycles. The van der Waals surface area contributed by atoms with Gasteiger partial charge in [0.05, 0.1) is 17.6 Å². The second-order valence-electron chi connectivity index (χ2n) is 4.43. The van der Waals surface area contributed by atoms with E-state index < -0.39 is 11.6 Å². The molecule has 102 valence electrons. The first-order valence-electron chi connectivity index (χ1n) is 5.86. The van der Waals surface area contributed by atoms with Crippen molar-refractivity contribution in [2.24, 2.45) is 0 Å². The van der Waals surface area contributed by atoms with Crippen LogP contribution >= 0.6 is 34.8 Å². The van der Waals surface area contributed by atoms with E-state index in [1.54, 1.807) is 6.07 Å². The summed E-state index contributed by atoms with van der Waals surface area (Å²) in [7, 11) is 0. The Morgan fingerprint density at radius 1 is 1.10 bits per heavy atom. The molecule has 0 radical (unpaired) electrons. The van der Waals surface area contributed by atoms with Crippen molar-refractivity contribution in [1.29, 1.82) is 0 Å². The summed E-state index contributed by atoms with van der Waals surface area (Å²) in [5.74, 6) is -1.69. The standard InChI is InChI=1S/C14H9F2IN2S/c15-10-3-1-8(5-11(10)16)7-19-13-4-2-9(17)6-12(13)18-14(19)20/h1-6H,7H2,(H,18,20). The molecule has 0 fully saturated rings. The van der Waals surface area contributed by atoms with Crippen molar-refractivity contribution in [2.75, 3.05) is 0 Å². The van der Waals surface area contributed by atoms with Crippen molar-refractivity contribution in [1.82, 2.24) is 9.55 Å². The van der Waals surface area contributed by atoms with Gasteiger partial charge in [0, 0.05) is 3.57 Å². The van der Waals surface area contributed by atoms with E-state index in [2.05, 4.69) is 27.6 Å². The number of halogens is 3. The molecular formula is C14H9F2IN2S. The van der Waals surface area contributed by atoms with Crippen LogP contribution in [0.25, 0.3) is 11.0 Å². The Labute approximate surface area is 132 Å². The third-order valence-corrected chi connectivity index (χ3v) is 4.05. The first kappa shape index (κ1) is 13.7. The Morgan fingerprint density at radius 2 is 1.90 bits per heavy atom. The molecule has 0 unspecified atom stereocenters. The minimum Gasteiger partial charge on any atom is -0.331 e. The maximum atomic E-state index is 13.3. The van der Waals surface area contributed by atoms with Crippen LogP contribution in [-0.2, 0) is 6.54 Å². The number of nitrogens with one attached hydrogen (secondary N) is 1. The Morgan fingerprint density at radius 3 is 2.65 bits per heavy atom. The lowest BCUT2D eigenvalue weighted by atomic mass is 10.2. The number of fused-ring (bicyclic) bond motifs is 1. The number of hydrogen-bond donors (Lipinski definition) is 1. The summed E-state index contributed by atoms with van der Waals surface area (Å²) < 4.78 is 29.7. The monoisotopic (exact) mass is 402 g/mol. The van der Waals surface area contributed by atoms with Gasteiger partial charge in [0.1, 0.15) is 0 Å². The fraction of sp³-hybridized carbons (Fsp3) is 0.0714. The highest BCUT2D eigenvalue weighted by Crippen LogP contribution is 2.19. The fourth-order valence-corrected chi connectivity index (χ4v) is 2.88. The number of rotatable bonds is 2. The molecule has 0 aliphatic rings. The minimum atomic E-state index is -0.844. The summed E-state index contributed by atoms with van der Waals surface area (Å²) >= 11 is 7.52. The van der Waals surface area contributed by atoms with Crippen LogP contribution in [0, 0.1) is 20.0 Å². The highest BCUT2D eigenvalue weighted by Gasteiger charge is 2.07. The molecule has 0 atom stereocenters. The molecule has 1 aromatic heterocycles. The number of aromatic nitrogens is 2. The lowest BCUT2D eigenvalue weighted by Crippen LogP contribution is -2.00. The van der Waals surface area contributed by atoms with Crippen LogP contribution in [0.15, 0.2) is 36.4 Å². The van der Waals surface area contributed by atoms with E-state index in [4.69, 9.17) is 12.2 Å². The molecule has 1 heterocycles. The van der Waals surface area contributed by atoms with Crippen molar-refractivity contribution >= 4 is 45.8 Å². The number of benzene rings is 2.